The highest BCUT2D eigenvalue weighted by molar-refractivity contribution is 6.36. The summed E-state index contributed by atoms with van der Waals surface area (Å²) in [6.45, 7) is 0.444. The van der Waals surface area contributed by atoms with E-state index in [1.54, 1.807) is 18.2 Å². The second kappa shape index (κ2) is 6.39. The first-order valence-electron chi connectivity index (χ1n) is 6.85. The van der Waals surface area contributed by atoms with Gasteiger partial charge in [-0.05, 0) is 34.5 Å². The lowest BCUT2D eigenvalue weighted by molar-refractivity contribution is 0.0951. The minimum absolute atomic E-state index is 0.213. The first-order chi connectivity index (χ1) is 10.6. The molecule has 1 N–H and O–H groups in total. The van der Waals surface area contributed by atoms with Crippen LogP contribution in [0.1, 0.15) is 15.9 Å². The van der Waals surface area contributed by atoms with Gasteiger partial charge >= 0.3 is 0 Å². The maximum absolute atomic E-state index is 12.2. The number of hydrogen-bond donors (Lipinski definition) is 1. The van der Waals surface area contributed by atoms with Gasteiger partial charge in [0.1, 0.15) is 0 Å². The van der Waals surface area contributed by atoms with Crippen LogP contribution in [0.5, 0.6) is 0 Å². The van der Waals surface area contributed by atoms with Crippen LogP contribution in [0.25, 0.3) is 10.8 Å². The van der Waals surface area contributed by atoms with Crippen molar-refractivity contribution >= 4 is 39.9 Å². The molecule has 0 atom stereocenters. The number of halogens is 2. The highest BCUT2D eigenvalue weighted by atomic mass is 35.5. The average Bonchev–Trinajstić information content (AvgIpc) is 2.52. The van der Waals surface area contributed by atoms with Gasteiger partial charge in [0.25, 0.3) is 5.91 Å². The number of rotatable bonds is 3. The van der Waals surface area contributed by atoms with Gasteiger partial charge in [-0.15, -0.1) is 0 Å². The normalized spacial score (nSPS) is 10.6. The Kier molecular flexibility index (Phi) is 4.32. The standard InChI is InChI=1S/C18H13Cl2NO/c19-14-8-9-16(17(20)10-14)18(22)21-11-13-6-3-5-12-4-1-2-7-15(12)13/h1-10H,11H2,(H,21,22). The minimum Gasteiger partial charge on any atom is -0.348 e. The summed E-state index contributed by atoms with van der Waals surface area (Å²) in [6, 6.07) is 19.0. The van der Waals surface area contributed by atoms with Gasteiger partial charge in [-0.1, -0.05) is 65.7 Å². The van der Waals surface area contributed by atoms with E-state index in [4.69, 9.17) is 23.2 Å². The smallest absolute Gasteiger partial charge is 0.253 e. The highest BCUT2D eigenvalue weighted by Gasteiger charge is 2.11. The molecule has 22 heavy (non-hydrogen) atoms. The van der Waals surface area contributed by atoms with E-state index in [0.717, 1.165) is 16.3 Å². The molecule has 0 fully saturated rings. The fourth-order valence-corrected chi connectivity index (χ4v) is 2.89. The summed E-state index contributed by atoms with van der Waals surface area (Å²) < 4.78 is 0. The number of amides is 1. The maximum atomic E-state index is 12.2. The Hall–Kier alpha value is -2.03. The Morgan fingerprint density at radius 1 is 0.955 bits per heavy atom. The predicted octanol–water partition coefficient (Wildman–Crippen LogP) is 5.08. The lowest BCUT2D eigenvalue weighted by Crippen LogP contribution is -2.23. The third-order valence-electron chi connectivity index (χ3n) is 3.50. The van der Waals surface area contributed by atoms with E-state index in [0.29, 0.717) is 22.2 Å². The number of carbonyl (C=O) groups is 1. The van der Waals surface area contributed by atoms with Crippen LogP contribution in [-0.4, -0.2) is 5.91 Å². The molecule has 0 aliphatic heterocycles. The van der Waals surface area contributed by atoms with Crippen LogP contribution in [0, 0.1) is 0 Å². The molecule has 3 aromatic carbocycles. The van der Waals surface area contributed by atoms with Crippen molar-refractivity contribution in [1.82, 2.24) is 5.32 Å². The number of benzene rings is 3. The van der Waals surface area contributed by atoms with Crippen LogP contribution >= 0.6 is 23.2 Å². The Morgan fingerprint density at radius 3 is 2.55 bits per heavy atom. The minimum atomic E-state index is -0.213. The molecule has 0 saturated carbocycles. The molecule has 0 saturated heterocycles. The second-order valence-corrected chi connectivity index (χ2v) is 5.79. The zero-order valence-electron chi connectivity index (χ0n) is 11.6. The van der Waals surface area contributed by atoms with E-state index in [2.05, 4.69) is 17.4 Å². The first kappa shape index (κ1) is 14.9. The van der Waals surface area contributed by atoms with Gasteiger partial charge in [0.05, 0.1) is 10.6 Å². The van der Waals surface area contributed by atoms with E-state index in [1.165, 1.54) is 0 Å². The first-order valence-corrected chi connectivity index (χ1v) is 7.60. The molecule has 0 aliphatic rings. The quantitative estimate of drug-likeness (QED) is 0.713. The van der Waals surface area contributed by atoms with E-state index in [9.17, 15) is 4.79 Å². The van der Waals surface area contributed by atoms with Crippen molar-refractivity contribution in [3.63, 3.8) is 0 Å². The van der Waals surface area contributed by atoms with Crippen molar-refractivity contribution in [2.45, 2.75) is 6.54 Å². The number of fused-ring (bicyclic) bond motifs is 1. The number of hydrogen-bond acceptors (Lipinski definition) is 1. The maximum Gasteiger partial charge on any atom is 0.253 e. The molecule has 0 bridgehead atoms. The van der Waals surface area contributed by atoms with Gasteiger partial charge < -0.3 is 5.32 Å². The summed E-state index contributed by atoms with van der Waals surface area (Å²) in [6.07, 6.45) is 0. The summed E-state index contributed by atoms with van der Waals surface area (Å²) in [5.41, 5.74) is 1.49. The lowest BCUT2D eigenvalue weighted by Gasteiger charge is -2.09. The largest absolute Gasteiger partial charge is 0.348 e. The van der Waals surface area contributed by atoms with Gasteiger partial charge in [-0.2, -0.15) is 0 Å². The molecule has 3 rings (SSSR count). The molecular weight excluding hydrogens is 317 g/mol. The Bertz CT molecular complexity index is 840. The molecule has 0 unspecified atom stereocenters. The monoisotopic (exact) mass is 329 g/mol. The SMILES string of the molecule is O=C(NCc1cccc2ccccc12)c1ccc(Cl)cc1Cl. The zero-order valence-corrected chi connectivity index (χ0v) is 13.2. The molecule has 0 spiro atoms. The van der Waals surface area contributed by atoms with E-state index in [1.807, 2.05) is 30.3 Å². The topological polar surface area (TPSA) is 29.1 Å². The van der Waals surface area contributed by atoms with E-state index < -0.39 is 0 Å². The molecule has 4 heteroatoms. The predicted molar refractivity (Wildman–Crippen MR) is 91.6 cm³/mol. The third-order valence-corrected chi connectivity index (χ3v) is 4.04. The summed E-state index contributed by atoms with van der Waals surface area (Å²) in [5, 5.41) is 6.04. The van der Waals surface area contributed by atoms with Crippen molar-refractivity contribution in [3.05, 3.63) is 81.8 Å². The molecule has 0 radical (unpaired) electrons. The molecular formula is C18H13Cl2NO. The van der Waals surface area contributed by atoms with Gasteiger partial charge in [0, 0.05) is 11.6 Å². The van der Waals surface area contributed by atoms with Gasteiger partial charge in [-0.25, -0.2) is 0 Å². The summed E-state index contributed by atoms with van der Waals surface area (Å²) in [4.78, 5) is 12.2. The molecule has 0 heterocycles. The van der Waals surface area contributed by atoms with Crippen LogP contribution in [0.15, 0.2) is 60.7 Å². The Labute approximate surface area is 138 Å². The Morgan fingerprint density at radius 2 is 1.73 bits per heavy atom. The molecule has 0 aliphatic carbocycles. The number of carbonyl (C=O) groups excluding carboxylic acids is 1. The number of nitrogens with one attached hydrogen (secondary N) is 1. The average molecular weight is 330 g/mol. The van der Waals surface area contributed by atoms with Crippen LogP contribution in [0.3, 0.4) is 0 Å². The van der Waals surface area contributed by atoms with Gasteiger partial charge in [0.2, 0.25) is 0 Å². The molecule has 0 aromatic heterocycles. The van der Waals surface area contributed by atoms with Gasteiger partial charge in [0.15, 0.2) is 0 Å². The van der Waals surface area contributed by atoms with Crippen LogP contribution in [-0.2, 0) is 6.54 Å². The zero-order chi connectivity index (χ0) is 15.5. The summed E-state index contributed by atoms with van der Waals surface area (Å²) >= 11 is 11.9. The van der Waals surface area contributed by atoms with Crippen molar-refractivity contribution in [1.29, 1.82) is 0 Å². The molecule has 2 nitrogen and oxygen atoms in total. The third kappa shape index (κ3) is 3.08. The fourth-order valence-electron chi connectivity index (χ4n) is 2.39. The van der Waals surface area contributed by atoms with Crippen LogP contribution < -0.4 is 5.32 Å². The highest BCUT2D eigenvalue weighted by Crippen LogP contribution is 2.22. The Balaban J connectivity index is 1.80. The van der Waals surface area contributed by atoms with Gasteiger partial charge in [-0.3, -0.25) is 4.79 Å². The molecule has 3 aromatic rings. The summed E-state index contributed by atoms with van der Waals surface area (Å²) in [5.74, 6) is -0.213. The van der Waals surface area contributed by atoms with Crippen molar-refractivity contribution in [2.75, 3.05) is 0 Å². The van der Waals surface area contributed by atoms with Crippen molar-refractivity contribution in [2.24, 2.45) is 0 Å². The van der Waals surface area contributed by atoms with Crippen LogP contribution in [0.4, 0.5) is 0 Å². The molecule has 1 amide bonds. The fraction of sp³-hybridized carbons (Fsp3) is 0.0556. The second-order valence-electron chi connectivity index (χ2n) is 4.95. The van der Waals surface area contributed by atoms with Crippen molar-refractivity contribution in [3.8, 4) is 0 Å². The molecule has 110 valence electrons. The van der Waals surface area contributed by atoms with E-state index >= 15 is 0 Å². The summed E-state index contributed by atoms with van der Waals surface area (Å²) in [7, 11) is 0. The van der Waals surface area contributed by atoms with Crippen LogP contribution in [0.2, 0.25) is 10.0 Å². The van der Waals surface area contributed by atoms with Crippen molar-refractivity contribution < 1.29 is 4.79 Å². The lowest BCUT2D eigenvalue weighted by atomic mass is 10.0. The van der Waals surface area contributed by atoms with E-state index in [-0.39, 0.29) is 5.91 Å².